The van der Waals surface area contributed by atoms with Crippen molar-refractivity contribution in [2.75, 3.05) is 53.0 Å². The van der Waals surface area contributed by atoms with Crippen LogP contribution in [0.2, 0.25) is 0 Å². The number of likely N-dealkylation sites (N-methyl/N-ethyl adjacent to an activating group) is 1. The van der Waals surface area contributed by atoms with Crippen molar-refractivity contribution in [3.8, 4) is 0 Å². The van der Waals surface area contributed by atoms with Gasteiger partial charge in [-0.15, -0.1) is 0 Å². The van der Waals surface area contributed by atoms with E-state index >= 15 is 0 Å². The first kappa shape index (κ1) is 13.3. The van der Waals surface area contributed by atoms with Crippen LogP contribution in [0.5, 0.6) is 0 Å². The first-order valence-electron chi connectivity index (χ1n) is 6.96. The molecule has 17 heavy (non-hydrogen) atoms. The van der Waals surface area contributed by atoms with Gasteiger partial charge in [-0.1, -0.05) is 0 Å². The Hall–Kier alpha value is -0.160. The lowest BCUT2D eigenvalue weighted by molar-refractivity contribution is 0.0403. The van der Waals surface area contributed by atoms with Crippen molar-refractivity contribution in [1.82, 2.24) is 9.80 Å². The summed E-state index contributed by atoms with van der Waals surface area (Å²) >= 11 is 0. The summed E-state index contributed by atoms with van der Waals surface area (Å²) in [5.41, 5.74) is 6.39. The van der Waals surface area contributed by atoms with E-state index in [4.69, 9.17) is 10.5 Å². The molecule has 2 aliphatic rings. The van der Waals surface area contributed by atoms with E-state index in [9.17, 15) is 0 Å². The van der Waals surface area contributed by atoms with Crippen LogP contribution in [0.4, 0.5) is 0 Å². The molecule has 0 radical (unpaired) electrons. The summed E-state index contributed by atoms with van der Waals surface area (Å²) in [5, 5.41) is 0. The summed E-state index contributed by atoms with van der Waals surface area (Å²) in [6, 6.07) is 0. The third-order valence-electron chi connectivity index (χ3n) is 4.07. The smallest absolute Gasteiger partial charge is 0.0484 e. The average Bonchev–Trinajstić information content (AvgIpc) is 2.79. The van der Waals surface area contributed by atoms with Gasteiger partial charge in [-0.3, -0.25) is 0 Å². The molecule has 2 rings (SSSR count). The van der Waals surface area contributed by atoms with Crippen molar-refractivity contribution in [1.29, 1.82) is 0 Å². The standard InChI is InChI=1S/C13H27N3O/c1-15(8-9-16-6-2-3-7-16)12-13(14)4-10-17-11-5-13/h2-12,14H2,1H3. The number of rotatable bonds is 5. The van der Waals surface area contributed by atoms with Gasteiger partial charge in [0.2, 0.25) is 0 Å². The third-order valence-corrected chi connectivity index (χ3v) is 4.07. The molecule has 2 saturated heterocycles. The maximum Gasteiger partial charge on any atom is 0.0484 e. The average molecular weight is 241 g/mol. The van der Waals surface area contributed by atoms with Crippen LogP contribution in [0.3, 0.4) is 0 Å². The summed E-state index contributed by atoms with van der Waals surface area (Å²) in [7, 11) is 2.19. The van der Waals surface area contributed by atoms with Crippen LogP contribution < -0.4 is 5.73 Å². The second kappa shape index (κ2) is 6.14. The fourth-order valence-corrected chi connectivity index (χ4v) is 2.87. The molecule has 0 atom stereocenters. The number of hydrogen-bond donors (Lipinski definition) is 1. The summed E-state index contributed by atoms with van der Waals surface area (Å²) in [6.07, 6.45) is 4.76. The molecule has 4 nitrogen and oxygen atoms in total. The lowest BCUT2D eigenvalue weighted by atomic mass is 9.91. The highest BCUT2D eigenvalue weighted by Gasteiger charge is 2.29. The molecule has 2 heterocycles. The molecule has 100 valence electrons. The van der Waals surface area contributed by atoms with Crippen molar-refractivity contribution in [2.24, 2.45) is 5.73 Å². The fraction of sp³-hybridized carbons (Fsp3) is 1.00. The van der Waals surface area contributed by atoms with Gasteiger partial charge in [0.25, 0.3) is 0 Å². The van der Waals surface area contributed by atoms with Gasteiger partial charge in [-0.25, -0.2) is 0 Å². The zero-order valence-corrected chi connectivity index (χ0v) is 11.2. The third kappa shape index (κ3) is 4.21. The quantitative estimate of drug-likeness (QED) is 0.762. The molecule has 0 aliphatic carbocycles. The van der Waals surface area contributed by atoms with Crippen molar-refractivity contribution < 1.29 is 4.74 Å². The number of hydrogen-bond acceptors (Lipinski definition) is 4. The molecular formula is C13H27N3O. The Balaban J connectivity index is 1.66. The molecule has 0 saturated carbocycles. The van der Waals surface area contributed by atoms with E-state index in [0.29, 0.717) is 0 Å². The summed E-state index contributed by atoms with van der Waals surface area (Å²) in [4.78, 5) is 4.95. The summed E-state index contributed by atoms with van der Waals surface area (Å²) in [5.74, 6) is 0. The highest BCUT2D eigenvalue weighted by Crippen LogP contribution is 2.18. The molecule has 0 aromatic heterocycles. The van der Waals surface area contributed by atoms with Gasteiger partial charge >= 0.3 is 0 Å². The topological polar surface area (TPSA) is 41.7 Å². The Bertz CT molecular complexity index is 223. The van der Waals surface area contributed by atoms with E-state index in [0.717, 1.165) is 39.1 Å². The molecule has 0 bridgehead atoms. The van der Waals surface area contributed by atoms with Crippen molar-refractivity contribution >= 4 is 0 Å². The first-order valence-corrected chi connectivity index (χ1v) is 6.96. The molecule has 0 unspecified atom stereocenters. The van der Waals surface area contributed by atoms with Gasteiger partial charge in [0.05, 0.1) is 0 Å². The van der Waals surface area contributed by atoms with E-state index in [1.807, 2.05) is 0 Å². The van der Waals surface area contributed by atoms with E-state index < -0.39 is 0 Å². The Morgan fingerprint density at radius 2 is 1.88 bits per heavy atom. The van der Waals surface area contributed by atoms with Crippen molar-refractivity contribution in [2.45, 2.75) is 31.2 Å². The van der Waals surface area contributed by atoms with E-state index in [1.165, 1.54) is 32.5 Å². The second-order valence-electron chi connectivity index (χ2n) is 5.76. The van der Waals surface area contributed by atoms with Crippen LogP contribution in [-0.4, -0.2) is 68.3 Å². The number of nitrogens with zero attached hydrogens (tertiary/aromatic N) is 2. The number of nitrogens with two attached hydrogens (primary N) is 1. The fourth-order valence-electron chi connectivity index (χ4n) is 2.87. The Morgan fingerprint density at radius 3 is 2.53 bits per heavy atom. The van der Waals surface area contributed by atoms with Gasteiger partial charge in [-0.2, -0.15) is 0 Å². The minimum absolute atomic E-state index is 0.0159. The lowest BCUT2D eigenvalue weighted by Gasteiger charge is -2.37. The highest BCUT2D eigenvalue weighted by molar-refractivity contribution is 4.89. The minimum Gasteiger partial charge on any atom is -0.381 e. The van der Waals surface area contributed by atoms with Gasteiger partial charge in [0.1, 0.15) is 0 Å². The van der Waals surface area contributed by atoms with Gasteiger partial charge in [0, 0.05) is 38.4 Å². The lowest BCUT2D eigenvalue weighted by Crippen LogP contribution is -2.53. The van der Waals surface area contributed by atoms with E-state index in [2.05, 4.69) is 16.8 Å². The van der Waals surface area contributed by atoms with Crippen LogP contribution in [-0.2, 0) is 4.74 Å². The summed E-state index contributed by atoms with van der Waals surface area (Å²) in [6.45, 7) is 7.57. The normalized spacial score (nSPS) is 25.6. The SMILES string of the molecule is CN(CCN1CCCC1)CC1(N)CCOCC1. The van der Waals surface area contributed by atoms with Crippen LogP contribution in [0.1, 0.15) is 25.7 Å². The number of likely N-dealkylation sites (tertiary alicyclic amines) is 1. The van der Waals surface area contributed by atoms with Crippen LogP contribution in [0, 0.1) is 0 Å². The molecule has 0 aromatic carbocycles. The molecule has 2 N–H and O–H groups in total. The molecular weight excluding hydrogens is 214 g/mol. The van der Waals surface area contributed by atoms with Gasteiger partial charge < -0.3 is 20.3 Å². The Morgan fingerprint density at radius 1 is 1.24 bits per heavy atom. The second-order valence-corrected chi connectivity index (χ2v) is 5.76. The van der Waals surface area contributed by atoms with Crippen LogP contribution >= 0.6 is 0 Å². The van der Waals surface area contributed by atoms with Crippen molar-refractivity contribution in [3.05, 3.63) is 0 Å². The predicted molar refractivity (Wildman–Crippen MR) is 70.1 cm³/mol. The zero-order valence-electron chi connectivity index (χ0n) is 11.2. The maximum absolute atomic E-state index is 6.41. The van der Waals surface area contributed by atoms with Crippen LogP contribution in [0.25, 0.3) is 0 Å². The van der Waals surface area contributed by atoms with E-state index in [-0.39, 0.29) is 5.54 Å². The Labute approximate surface area is 105 Å². The minimum atomic E-state index is -0.0159. The zero-order chi connectivity index (χ0) is 12.1. The monoisotopic (exact) mass is 241 g/mol. The van der Waals surface area contributed by atoms with Crippen LogP contribution in [0.15, 0.2) is 0 Å². The highest BCUT2D eigenvalue weighted by atomic mass is 16.5. The predicted octanol–water partition coefficient (Wildman–Crippen LogP) is 0.522. The van der Waals surface area contributed by atoms with Gasteiger partial charge in [0.15, 0.2) is 0 Å². The molecule has 0 amide bonds. The molecule has 2 fully saturated rings. The molecule has 2 aliphatic heterocycles. The largest absolute Gasteiger partial charge is 0.381 e. The molecule has 0 aromatic rings. The van der Waals surface area contributed by atoms with Gasteiger partial charge in [-0.05, 0) is 45.8 Å². The van der Waals surface area contributed by atoms with E-state index in [1.54, 1.807) is 0 Å². The van der Waals surface area contributed by atoms with Crippen molar-refractivity contribution in [3.63, 3.8) is 0 Å². The number of ether oxygens (including phenoxy) is 1. The maximum atomic E-state index is 6.41. The molecule has 4 heteroatoms. The Kier molecular flexibility index (Phi) is 4.79. The molecule has 0 spiro atoms. The summed E-state index contributed by atoms with van der Waals surface area (Å²) < 4.78 is 5.38. The first-order chi connectivity index (χ1) is 8.18.